The Labute approximate surface area is 112 Å². The summed E-state index contributed by atoms with van der Waals surface area (Å²) in [5, 5.41) is 0. The molecule has 0 aliphatic heterocycles. The summed E-state index contributed by atoms with van der Waals surface area (Å²) in [6.45, 7) is 7.09. The quantitative estimate of drug-likeness (QED) is 0.845. The van der Waals surface area contributed by atoms with E-state index >= 15 is 0 Å². The van der Waals surface area contributed by atoms with Crippen LogP contribution in [0.25, 0.3) is 0 Å². The molecule has 1 heterocycles. The molecule has 0 aromatic carbocycles. The van der Waals surface area contributed by atoms with Crippen molar-refractivity contribution >= 4 is 25.6 Å². The van der Waals surface area contributed by atoms with Crippen molar-refractivity contribution in [3.8, 4) is 0 Å². The molecule has 0 fully saturated rings. The van der Waals surface area contributed by atoms with E-state index in [1.54, 1.807) is 4.90 Å². The molecule has 0 unspecified atom stereocenters. The fraction of sp³-hybridized carbons (Fsp3) is 0.545. The topological polar surface area (TPSA) is 70.2 Å². The van der Waals surface area contributed by atoms with Crippen molar-refractivity contribution in [2.45, 2.75) is 25.7 Å². The largest absolute Gasteiger partial charge is 0.356 e. The van der Waals surface area contributed by atoms with Crippen LogP contribution in [-0.4, -0.2) is 37.3 Å². The molecule has 0 aliphatic rings. The van der Waals surface area contributed by atoms with Gasteiger partial charge in [0, 0.05) is 30.0 Å². The van der Waals surface area contributed by atoms with E-state index in [0.29, 0.717) is 19.0 Å². The van der Waals surface area contributed by atoms with Crippen molar-refractivity contribution in [1.82, 2.24) is 9.88 Å². The maximum absolute atomic E-state index is 12.1. The fourth-order valence-corrected chi connectivity index (χ4v) is 2.33. The van der Waals surface area contributed by atoms with Gasteiger partial charge in [0.15, 0.2) is 0 Å². The molecule has 5 nitrogen and oxygen atoms in total. The van der Waals surface area contributed by atoms with E-state index in [1.165, 1.54) is 12.3 Å². The lowest BCUT2D eigenvalue weighted by Crippen LogP contribution is -2.34. The molecule has 1 aromatic rings. The molecule has 0 radical (unpaired) electrons. The number of H-pyrrole nitrogens is 1. The zero-order chi connectivity index (χ0) is 13.9. The Hall–Kier alpha value is -1.01. The molecular weight excluding hydrogens is 276 g/mol. The van der Waals surface area contributed by atoms with Gasteiger partial charge in [0.1, 0.15) is 10.6 Å². The van der Waals surface area contributed by atoms with Crippen LogP contribution in [0.15, 0.2) is 17.2 Å². The molecule has 0 saturated heterocycles. The van der Waals surface area contributed by atoms with Crippen molar-refractivity contribution < 1.29 is 13.2 Å². The molecule has 1 amide bonds. The minimum atomic E-state index is -3.80. The van der Waals surface area contributed by atoms with E-state index in [-0.39, 0.29) is 16.5 Å². The summed E-state index contributed by atoms with van der Waals surface area (Å²) in [6, 6.07) is 1.26. The van der Waals surface area contributed by atoms with Crippen LogP contribution in [0, 0.1) is 5.92 Å². The second kappa shape index (κ2) is 5.75. The van der Waals surface area contributed by atoms with Crippen LogP contribution in [0.1, 0.15) is 31.3 Å². The number of halogens is 1. The molecule has 18 heavy (non-hydrogen) atoms. The van der Waals surface area contributed by atoms with Crippen molar-refractivity contribution in [3.63, 3.8) is 0 Å². The van der Waals surface area contributed by atoms with Gasteiger partial charge in [-0.1, -0.05) is 13.8 Å². The number of hydrogen-bond acceptors (Lipinski definition) is 3. The molecule has 1 N–H and O–H groups in total. The van der Waals surface area contributed by atoms with Gasteiger partial charge in [-0.15, -0.1) is 0 Å². The van der Waals surface area contributed by atoms with Gasteiger partial charge in [-0.3, -0.25) is 4.79 Å². The average Bonchev–Trinajstić information content (AvgIpc) is 2.73. The Bertz CT molecular complexity index is 522. The summed E-state index contributed by atoms with van der Waals surface area (Å²) in [5.41, 5.74) is 0.233. The molecule has 1 rings (SSSR count). The van der Waals surface area contributed by atoms with E-state index in [1.807, 2.05) is 20.8 Å². The van der Waals surface area contributed by atoms with E-state index < -0.39 is 9.05 Å². The van der Waals surface area contributed by atoms with E-state index in [2.05, 4.69) is 4.98 Å². The number of aromatic nitrogens is 1. The number of rotatable bonds is 5. The second-order valence-electron chi connectivity index (χ2n) is 4.42. The van der Waals surface area contributed by atoms with Gasteiger partial charge < -0.3 is 9.88 Å². The molecular formula is C11H17ClN2O3S. The smallest absolute Gasteiger partial charge is 0.270 e. The van der Waals surface area contributed by atoms with Crippen molar-refractivity contribution in [2.24, 2.45) is 5.92 Å². The van der Waals surface area contributed by atoms with Gasteiger partial charge in [-0.25, -0.2) is 8.42 Å². The first-order valence-electron chi connectivity index (χ1n) is 5.68. The van der Waals surface area contributed by atoms with Crippen LogP contribution in [0.5, 0.6) is 0 Å². The minimum Gasteiger partial charge on any atom is -0.356 e. The number of carbonyl (C=O) groups excluding carboxylic acids is 1. The lowest BCUT2D eigenvalue weighted by atomic mass is 10.2. The number of carbonyl (C=O) groups is 1. The number of nitrogens with one attached hydrogen (secondary N) is 1. The number of aromatic amines is 1. The van der Waals surface area contributed by atoms with E-state index in [4.69, 9.17) is 10.7 Å². The van der Waals surface area contributed by atoms with Crippen LogP contribution in [0.2, 0.25) is 0 Å². The Morgan fingerprint density at radius 3 is 2.50 bits per heavy atom. The van der Waals surface area contributed by atoms with Gasteiger partial charge in [0.05, 0.1) is 0 Å². The van der Waals surface area contributed by atoms with Crippen molar-refractivity contribution in [2.75, 3.05) is 13.1 Å². The third-order valence-corrected chi connectivity index (χ3v) is 3.76. The van der Waals surface area contributed by atoms with Crippen LogP contribution < -0.4 is 0 Å². The predicted molar refractivity (Wildman–Crippen MR) is 70.2 cm³/mol. The molecule has 0 atom stereocenters. The van der Waals surface area contributed by atoms with Gasteiger partial charge in [-0.05, 0) is 18.9 Å². The highest BCUT2D eigenvalue weighted by Gasteiger charge is 2.20. The van der Waals surface area contributed by atoms with Gasteiger partial charge in [0.2, 0.25) is 0 Å². The Kier molecular flexibility index (Phi) is 4.81. The average molecular weight is 293 g/mol. The normalized spacial score (nSPS) is 11.8. The predicted octanol–water partition coefficient (Wildman–Crippen LogP) is 2.06. The Morgan fingerprint density at radius 1 is 1.50 bits per heavy atom. The number of hydrogen-bond donors (Lipinski definition) is 1. The van der Waals surface area contributed by atoms with Gasteiger partial charge in [-0.2, -0.15) is 0 Å². The first kappa shape index (κ1) is 15.0. The molecule has 102 valence electrons. The van der Waals surface area contributed by atoms with E-state index in [9.17, 15) is 13.2 Å². The summed E-state index contributed by atoms with van der Waals surface area (Å²) in [5.74, 6) is 0.123. The highest BCUT2D eigenvalue weighted by molar-refractivity contribution is 8.13. The maximum atomic E-state index is 12.1. The lowest BCUT2D eigenvalue weighted by Gasteiger charge is -2.22. The van der Waals surface area contributed by atoms with Crippen LogP contribution in [-0.2, 0) is 9.05 Å². The van der Waals surface area contributed by atoms with Crippen LogP contribution in [0.3, 0.4) is 0 Å². The summed E-state index contributed by atoms with van der Waals surface area (Å²) < 4.78 is 22.2. The monoisotopic (exact) mass is 292 g/mol. The first-order valence-corrected chi connectivity index (χ1v) is 7.99. The van der Waals surface area contributed by atoms with Gasteiger partial charge in [0.25, 0.3) is 15.0 Å². The summed E-state index contributed by atoms with van der Waals surface area (Å²) >= 11 is 0. The Balaban J connectivity index is 2.93. The summed E-state index contributed by atoms with van der Waals surface area (Å²) in [4.78, 5) is 16.3. The molecule has 7 heteroatoms. The zero-order valence-corrected chi connectivity index (χ0v) is 12.2. The number of nitrogens with zero attached hydrogens (tertiary/aromatic N) is 1. The van der Waals surface area contributed by atoms with Gasteiger partial charge >= 0.3 is 0 Å². The van der Waals surface area contributed by atoms with Crippen LogP contribution >= 0.6 is 10.7 Å². The molecule has 0 bridgehead atoms. The molecule has 0 saturated carbocycles. The third kappa shape index (κ3) is 3.74. The van der Waals surface area contributed by atoms with E-state index in [0.717, 1.165) is 0 Å². The fourth-order valence-electron chi connectivity index (χ4n) is 1.61. The minimum absolute atomic E-state index is 0.0897. The maximum Gasteiger partial charge on any atom is 0.270 e. The first-order chi connectivity index (χ1) is 8.25. The number of amides is 1. The Morgan fingerprint density at radius 2 is 2.11 bits per heavy atom. The van der Waals surface area contributed by atoms with Crippen molar-refractivity contribution in [1.29, 1.82) is 0 Å². The highest BCUT2D eigenvalue weighted by Crippen LogP contribution is 2.17. The third-order valence-electron chi connectivity index (χ3n) is 2.42. The SMILES string of the molecule is CCN(CC(C)C)C(=O)c1cc(S(=O)(=O)Cl)c[nH]1. The van der Waals surface area contributed by atoms with Crippen LogP contribution in [0.4, 0.5) is 0 Å². The standard InChI is InChI=1S/C11H17ClN2O3S/c1-4-14(7-8(2)3)11(15)10-5-9(6-13-10)18(12,16)17/h5-6,8,13H,4,7H2,1-3H3. The molecule has 0 aliphatic carbocycles. The molecule has 1 aromatic heterocycles. The zero-order valence-electron chi connectivity index (χ0n) is 10.6. The highest BCUT2D eigenvalue weighted by atomic mass is 35.7. The summed E-state index contributed by atoms with van der Waals surface area (Å²) in [7, 11) is 1.40. The molecule has 0 spiro atoms. The summed E-state index contributed by atoms with van der Waals surface area (Å²) in [6.07, 6.45) is 1.22. The van der Waals surface area contributed by atoms with Crippen molar-refractivity contribution in [3.05, 3.63) is 18.0 Å². The second-order valence-corrected chi connectivity index (χ2v) is 6.99. The lowest BCUT2D eigenvalue weighted by molar-refractivity contribution is 0.0740.